The van der Waals surface area contributed by atoms with Crippen molar-refractivity contribution in [3.05, 3.63) is 83.6 Å². The number of carbonyl (C=O) groups is 2. The molecule has 1 unspecified atom stereocenters. The fourth-order valence-electron chi connectivity index (χ4n) is 4.08. The second-order valence-electron chi connectivity index (χ2n) is 7.97. The van der Waals surface area contributed by atoms with Gasteiger partial charge >= 0.3 is 0 Å². The van der Waals surface area contributed by atoms with Gasteiger partial charge in [-0.15, -0.1) is 0 Å². The lowest BCUT2D eigenvalue weighted by molar-refractivity contribution is -0.134. The van der Waals surface area contributed by atoms with Gasteiger partial charge in [0.15, 0.2) is 0 Å². The quantitative estimate of drug-likeness (QED) is 0.564. The van der Waals surface area contributed by atoms with Crippen molar-refractivity contribution in [3.63, 3.8) is 0 Å². The maximum Gasteiger partial charge on any atom is 0.223 e. The molecule has 1 fully saturated rings. The number of aromatic nitrogens is 1. The van der Waals surface area contributed by atoms with Gasteiger partial charge in [0.1, 0.15) is 12.0 Å². The van der Waals surface area contributed by atoms with Crippen molar-refractivity contribution >= 4 is 11.8 Å². The van der Waals surface area contributed by atoms with Crippen LogP contribution in [0.2, 0.25) is 0 Å². The number of aromatic hydroxyl groups is 1. The Bertz CT molecular complexity index is 1060. The van der Waals surface area contributed by atoms with E-state index in [-0.39, 0.29) is 43.0 Å². The number of likely N-dealkylation sites (tertiary alicyclic amines) is 1. The molecule has 4 rings (SSSR count). The average molecular weight is 434 g/mol. The summed E-state index contributed by atoms with van der Waals surface area (Å²) in [5.41, 5.74) is 2.57. The molecule has 7 heteroatoms. The summed E-state index contributed by atoms with van der Waals surface area (Å²) in [6, 6.07) is 17.2. The predicted octanol–water partition coefficient (Wildman–Crippen LogP) is 3.73. The molecule has 0 spiro atoms. The number of benzene rings is 2. The van der Waals surface area contributed by atoms with Crippen LogP contribution in [-0.2, 0) is 22.6 Å². The first kappa shape index (κ1) is 21.6. The first-order valence-electron chi connectivity index (χ1n) is 10.9. The van der Waals surface area contributed by atoms with Gasteiger partial charge < -0.3 is 19.7 Å². The van der Waals surface area contributed by atoms with Crippen molar-refractivity contribution in [2.45, 2.75) is 44.7 Å². The average Bonchev–Trinajstić information content (AvgIpc) is 3.48. The summed E-state index contributed by atoms with van der Waals surface area (Å²) in [7, 11) is 0. The summed E-state index contributed by atoms with van der Waals surface area (Å²) in [4.78, 5) is 31.2. The highest BCUT2D eigenvalue weighted by molar-refractivity contribution is 5.84. The second-order valence-corrected chi connectivity index (χ2v) is 7.97. The zero-order valence-electron chi connectivity index (χ0n) is 17.9. The molecule has 2 aromatic carbocycles. The fraction of sp³-hybridized carbons (Fsp3) is 0.320. The lowest BCUT2D eigenvalue weighted by Gasteiger charge is -2.25. The third-order valence-electron chi connectivity index (χ3n) is 5.72. The van der Waals surface area contributed by atoms with Crippen molar-refractivity contribution in [2.24, 2.45) is 0 Å². The van der Waals surface area contributed by atoms with Gasteiger partial charge in [-0.2, -0.15) is 0 Å². The molecule has 1 atom stereocenters. The van der Waals surface area contributed by atoms with Crippen LogP contribution in [0, 0.1) is 0 Å². The summed E-state index contributed by atoms with van der Waals surface area (Å²) in [5.74, 6) is 0.392. The number of nitrogens with zero attached hydrogens (tertiary/aromatic N) is 2. The van der Waals surface area contributed by atoms with Crippen LogP contribution in [0.3, 0.4) is 0 Å². The van der Waals surface area contributed by atoms with Gasteiger partial charge in [-0.25, -0.2) is 4.98 Å². The number of nitrogens with one attached hydrogen (secondary N) is 1. The Hall–Kier alpha value is -3.61. The van der Waals surface area contributed by atoms with Crippen molar-refractivity contribution in [1.82, 2.24) is 15.2 Å². The van der Waals surface area contributed by atoms with E-state index in [9.17, 15) is 14.7 Å². The Balaban J connectivity index is 1.23. The van der Waals surface area contributed by atoms with Crippen molar-refractivity contribution < 1.29 is 19.1 Å². The van der Waals surface area contributed by atoms with Gasteiger partial charge in [-0.05, 0) is 30.0 Å². The van der Waals surface area contributed by atoms with E-state index in [1.807, 2.05) is 47.4 Å². The molecule has 1 saturated heterocycles. The number of para-hydroxylation sites is 1. The molecule has 7 nitrogen and oxygen atoms in total. The van der Waals surface area contributed by atoms with E-state index < -0.39 is 0 Å². The summed E-state index contributed by atoms with van der Waals surface area (Å²) >= 11 is 0. The maximum atomic E-state index is 12.7. The zero-order chi connectivity index (χ0) is 22.3. The van der Waals surface area contributed by atoms with Gasteiger partial charge in [0.25, 0.3) is 0 Å². The Labute approximate surface area is 187 Å². The molecule has 0 bridgehead atoms. The van der Waals surface area contributed by atoms with Crippen molar-refractivity contribution in [2.75, 3.05) is 6.54 Å². The number of oxazole rings is 1. The van der Waals surface area contributed by atoms with E-state index >= 15 is 0 Å². The summed E-state index contributed by atoms with van der Waals surface area (Å²) in [5, 5.41) is 12.6. The lowest BCUT2D eigenvalue weighted by Crippen LogP contribution is -2.32. The van der Waals surface area contributed by atoms with E-state index in [4.69, 9.17) is 4.42 Å². The van der Waals surface area contributed by atoms with E-state index in [0.717, 1.165) is 30.5 Å². The molecule has 2 amide bonds. The van der Waals surface area contributed by atoms with Gasteiger partial charge in [-0.1, -0.05) is 48.5 Å². The largest absolute Gasteiger partial charge is 0.508 e. The number of hydrogen-bond acceptors (Lipinski definition) is 5. The van der Waals surface area contributed by atoms with Crippen molar-refractivity contribution in [3.8, 4) is 5.75 Å². The number of rotatable bonds is 8. The maximum absolute atomic E-state index is 12.7. The highest BCUT2D eigenvalue weighted by atomic mass is 16.3. The molecule has 32 heavy (non-hydrogen) atoms. The predicted molar refractivity (Wildman–Crippen MR) is 119 cm³/mol. The molecule has 0 aliphatic carbocycles. The number of amides is 2. The highest BCUT2D eigenvalue weighted by Gasteiger charge is 2.29. The molecule has 1 aliphatic rings. The van der Waals surface area contributed by atoms with Crippen LogP contribution < -0.4 is 5.32 Å². The number of phenols is 1. The van der Waals surface area contributed by atoms with Gasteiger partial charge in [0.05, 0.1) is 18.3 Å². The fourth-order valence-corrected chi connectivity index (χ4v) is 4.08. The van der Waals surface area contributed by atoms with Crippen LogP contribution in [0.1, 0.15) is 54.4 Å². The normalized spacial score (nSPS) is 15.6. The number of carbonyl (C=O) groups excluding carboxylic acids is 2. The van der Waals surface area contributed by atoms with Crippen molar-refractivity contribution in [1.29, 1.82) is 0 Å². The van der Waals surface area contributed by atoms with Gasteiger partial charge in [0, 0.05) is 25.8 Å². The van der Waals surface area contributed by atoms with Crippen LogP contribution in [0.15, 0.2) is 65.3 Å². The monoisotopic (exact) mass is 433 g/mol. The SMILES string of the molecule is O=C(CCC(=O)N1CCCC1c1ccccc1)NCc1nc(Cc2ccccc2O)co1. The van der Waals surface area contributed by atoms with Crippen LogP contribution in [-0.4, -0.2) is 33.3 Å². The Morgan fingerprint density at radius 2 is 1.88 bits per heavy atom. The molecule has 2 heterocycles. The van der Waals surface area contributed by atoms with Crippen LogP contribution >= 0.6 is 0 Å². The minimum Gasteiger partial charge on any atom is -0.508 e. The van der Waals surface area contributed by atoms with Crippen LogP contribution in [0.5, 0.6) is 5.75 Å². The smallest absolute Gasteiger partial charge is 0.223 e. The van der Waals surface area contributed by atoms with Gasteiger partial charge in [0.2, 0.25) is 17.7 Å². The summed E-state index contributed by atoms with van der Waals surface area (Å²) in [6.07, 6.45) is 4.20. The van der Waals surface area contributed by atoms with E-state index in [1.165, 1.54) is 6.26 Å². The molecule has 166 valence electrons. The minimum atomic E-state index is -0.214. The molecule has 0 saturated carbocycles. The first-order chi connectivity index (χ1) is 15.6. The third kappa shape index (κ3) is 5.35. The lowest BCUT2D eigenvalue weighted by atomic mass is 10.0. The zero-order valence-corrected chi connectivity index (χ0v) is 17.9. The van der Waals surface area contributed by atoms with E-state index in [1.54, 1.807) is 12.1 Å². The molecule has 1 aliphatic heterocycles. The third-order valence-corrected chi connectivity index (χ3v) is 5.72. The molecular weight excluding hydrogens is 406 g/mol. The summed E-state index contributed by atoms with van der Waals surface area (Å²) in [6.45, 7) is 0.889. The molecular formula is C25H27N3O4. The molecule has 3 aromatic rings. The number of phenolic OH excluding ortho intramolecular Hbond substituents is 1. The molecule has 1 aromatic heterocycles. The minimum absolute atomic E-state index is 0.00702. The summed E-state index contributed by atoms with van der Waals surface area (Å²) < 4.78 is 5.41. The topological polar surface area (TPSA) is 95.7 Å². The standard InChI is InChI=1S/C25H27N3O4/c29-22-11-5-4-9-19(22)15-20-17-32-24(27-20)16-26-23(30)12-13-25(31)28-14-6-10-21(28)18-7-2-1-3-8-18/h1-5,7-9,11,17,21,29H,6,10,12-16H2,(H,26,30). The molecule has 0 radical (unpaired) electrons. The Morgan fingerprint density at radius 3 is 2.69 bits per heavy atom. The van der Waals surface area contributed by atoms with Crippen LogP contribution in [0.25, 0.3) is 0 Å². The van der Waals surface area contributed by atoms with Gasteiger partial charge in [-0.3, -0.25) is 9.59 Å². The van der Waals surface area contributed by atoms with Crippen LogP contribution in [0.4, 0.5) is 0 Å². The Morgan fingerprint density at radius 1 is 1.09 bits per heavy atom. The Kier molecular flexibility index (Phi) is 6.84. The second kappa shape index (κ2) is 10.1. The number of hydrogen-bond donors (Lipinski definition) is 2. The first-order valence-corrected chi connectivity index (χ1v) is 10.9. The van der Waals surface area contributed by atoms with E-state index in [0.29, 0.717) is 18.0 Å². The molecule has 2 N–H and O–H groups in total. The highest BCUT2D eigenvalue weighted by Crippen LogP contribution is 2.32. The van der Waals surface area contributed by atoms with E-state index in [2.05, 4.69) is 10.3 Å².